The van der Waals surface area contributed by atoms with Crippen molar-refractivity contribution in [3.8, 4) is 6.07 Å². The van der Waals surface area contributed by atoms with Crippen LogP contribution in [0.3, 0.4) is 0 Å². The van der Waals surface area contributed by atoms with E-state index in [1.807, 2.05) is 6.08 Å². The fourth-order valence-electron chi connectivity index (χ4n) is 4.91. The Hall–Kier alpha value is -3.31. The summed E-state index contributed by atoms with van der Waals surface area (Å²) in [4.78, 5) is 18.6. The molecule has 1 fully saturated rings. The topological polar surface area (TPSA) is 104 Å². The molecule has 2 atom stereocenters. The molecule has 0 bridgehead atoms. The van der Waals surface area contributed by atoms with Crippen LogP contribution in [0.15, 0.2) is 47.5 Å². The monoisotopic (exact) mass is 451 g/mol. The summed E-state index contributed by atoms with van der Waals surface area (Å²) >= 11 is 6.35. The quantitative estimate of drug-likeness (QED) is 0.705. The third kappa shape index (κ3) is 3.24. The largest absolute Gasteiger partial charge is 0.501 e. The van der Waals surface area contributed by atoms with E-state index in [1.165, 1.54) is 16.3 Å². The number of carbonyl (C=O) groups is 1. The van der Waals surface area contributed by atoms with Gasteiger partial charge in [-0.3, -0.25) is 4.79 Å². The van der Waals surface area contributed by atoms with Crippen molar-refractivity contribution in [1.82, 2.24) is 14.6 Å². The summed E-state index contributed by atoms with van der Waals surface area (Å²) in [6, 6.07) is 3.83. The minimum absolute atomic E-state index is 0.0552. The molecule has 3 aliphatic carbocycles. The highest BCUT2D eigenvalue weighted by atomic mass is 35.5. The lowest BCUT2D eigenvalue weighted by molar-refractivity contribution is -0.144. The number of allylic oxidation sites excluding steroid dienone is 5. The van der Waals surface area contributed by atoms with Crippen molar-refractivity contribution in [3.05, 3.63) is 58.4 Å². The van der Waals surface area contributed by atoms with E-state index < -0.39 is 11.4 Å². The number of carboxylic acids is 1. The molecular formula is C23H22ClN5O3. The number of aliphatic carboxylic acids is 1. The number of fused-ring (bicyclic) bond motifs is 2. The van der Waals surface area contributed by atoms with Gasteiger partial charge in [0.1, 0.15) is 6.07 Å². The van der Waals surface area contributed by atoms with Crippen LogP contribution in [0.5, 0.6) is 0 Å². The second-order valence-corrected chi connectivity index (χ2v) is 8.86. The Bertz CT molecular complexity index is 1250. The average Bonchev–Trinajstić information content (AvgIpc) is 3.44. The summed E-state index contributed by atoms with van der Waals surface area (Å²) < 4.78 is 6.80. The Morgan fingerprint density at radius 1 is 1.47 bits per heavy atom. The number of ether oxygens (including phenoxy) is 1. The van der Waals surface area contributed by atoms with Crippen molar-refractivity contribution in [2.75, 3.05) is 18.6 Å². The highest BCUT2D eigenvalue weighted by molar-refractivity contribution is 6.29. The number of aromatic nitrogens is 3. The number of hydrogen-bond donors (Lipinski definition) is 1. The maximum absolute atomic E-state index is 12.0. The third-order valence-electron chi connectivity index (χ3n) is 6.76. The molecule has 0 radical (unpaired) electrons. The first-order chi connectivity index (χ1) is 15.5. The second kappa shape index (κ2) is 7.68. The van der Waals surface area contributed by atoms with Crippen LogP contribution in [0.1, 0.15) is 37.8 Å². The number of nitriles is 1. The van der Waals surface area contributed by atoms with Gasteiger partial charge in [-0.1, -0.05) is 23.8 Å². The first-order valence-corrected chi connectivity index (χ1v) is 10.9. The Kier molecular flexibility index (Phi) is 4.94. The third-order valence-corrected chi connectivity index (χ3v) is 6.94. The number of anilines is 1. The summed E-state index contributed by atoms with van der Waals surface area (Å²) in [7, 11) is 1.67. The minimum Gasteiger partial charge on any atom is -0.501 e. The van der Waals surface area contributed by atoms with E-state index in [4.69, 9.17) is 16.3 Å². The molecule has 2 aromatic rings. The zero-order valence-corrected chi connectivity index (χ0v) is 18.3. The fourth-order valence-corrected chi connectivity index (χ4v) is 5.09. The molecule has 0 aliphatic heterocycles. The standard InChI is InChI=1S/C23H22ClN5O3/c1-32-16-6-4-14(5-7-16)13-28(18-3-2-8-23(22(30)31)10-17(18)23)19-9-20(24)27-29-15(11-25)12-26-21(19)29/h3-4,6,9,12,17H,2,5,7-8,10,13H2,1H3,(H,30,31). The first kappa shape index (κ1) is 20.6. The van der Waals surface area contributed by atoms with Crippen molar-refractivity contribution in [1.29, 1.82) is 5.26 Å². The maximum Gasteiger partial charge on any atom is 0.310 e. The van der Waals surface area contributed by atoms with Crippen molar-refractivity contribution in [2.45, 2.75) is 32.1 Å². The van der Waals surface area contributed by atoms with E-state index in [1.54, 1.807) is 13.2 Å². The lowest BCUT2D eigenvalue weighted by Crippen LogP contribution is -2.32. The molecule has 8 nitrogen and oxygen atoms in total. The molecule has 0 amide bonds. The predicted octanol–water partition coefficient (Wildman–Crippen LogP) is 4.08. The fraction of sp³-hybridized carbons (Fsp3) is 0.391. The summed E-state index contributed by atoms with van der Waals surface area (Å²) in [5.41, 5.74) is 3.00. The van der Waals surface area contributed by atoms with E-state index >= 15 is 0 Å². The number of carboxylic acid groups (broad SMARTS) is 1. The van der Waals surface area contributed by atoms with E-state index in [0.29, 0.717) is 37.1 Å². The molecule has 32 heavy (non-hydrogen) atoms. The van der Waals surface area contributed by atoms with Crippen molar-refractivity contribution >= 4 is 28.9 Å². The minimum atomic E-state index is -0.733. The number of nitrogens with zero attached hydrogens (tertiary/aromatic N) is 5. The van der Waals surface area contributed by atoms with Gasteiger partial charge in [-0.25, -0.2) is 4.98 Å². The number of methoxy groups -OCH3 is 1. The second-order valence-electron chi connectivity index (χ2n) is 8.48. The van der Waals surface area contributed by atoms with E-state index in [0.717, 1.165) is 24.3 Å². The highest BCUT2D eigenvalue weighted by Gasteiger charge is 2.63. The Morgan fingerprint density at radius 2 is 2.31 bits per heavy atom. The Morgan fingerprint density at radius 3 is 3.00 bits per heavy atom. The molecule has 3 aliphatic rings. The molecule has 2 aromatic heterocycles. The van der Waals surface area contributed by atoms with Crippen LogP contribution in [0.2, 0.25) is 5.15 Å². The van der Waals surface area contributed by atoms with Gasteiger partial charge >= 0.3 is 5.97 Å². The number of rotatable bonds is 6. The van der Waals surface area contributed by atoms with Crippen molar-refractivity contribution < 1.29 is 14.6 Å². The van der Waals surface area contributed by atoms with Crippen LogP contribution in [0.25, 0.3) is 5.65 Å². The molecule has 0 aromatic carbocycles. The molecule has 5 rings (SSSR count). The number of imidazole rings is 1. The van der Waals surface area contributed by atoms with E-state index in [-0.39, 0.29) is 16.8 Å². The summed E-state index contributed by atoms with van der Waals surface area (Å²) in [5.74, 6) is 0.147. The number of hydrogen-bond acceptors (Lipinski definition) is 6. The maximum atomic E-state index is 12.0. The van der Waals surface area contributed by atoms with Crippen LogP contribution in [-0.4, -0.2) is 39.3 Å². The molecule has 2 unspecified atom stereocenters. The lowest BCUT2D eigenvalue weighted by Gasteiger charge is -2.32. The van der Waals surface area contributed by atoms with Crippen LogP contribution in [0.4, 0.5) is 5.69 Å². The molecule has 9 heteroatoms. The Balaban J connectivity index is 1.61. The molecular weight excluding hydrogens is 430 g/mol. The smallest absolute Gasteiger partial charge is 0.310 e. The zero-order valence-electron chi connectivity index (χ0n) is 17.6. The van der Waals surface area contributed by atoms with Gasteiger partial charge in [0, 0.05) is 30.6 Å². The summed E-state index contributed by atoms with van der Waals surface area (Å²) in [6.45, 7) is 0.566. The van der Waals surface area contributed by atoms with Crippen LogP contribution in [-0.2, 0) is 9.53 Å². The zero-order chi connectivity index (χ0) is 22.5. The van der Waals surface area contributed by atoms with E-state index in [9.17, 15) is 15.2 Å². The molecule has 0 spiro atoms. The lowest BCUT2D eigenvalue weighted by atomic mass is 9.90. The van der Waals surface area contributed by atoms with Gasteiger partial charge in [0.2, 0.25) is 0 Å². The molecule has 164 valence electrons. The normalized spacial score (nSPS) is 24.0. The molecule has 2 heterocycles. The van der Waals surface area contributed by atoms with Gasteiger partial charge in [-0.15, -0.1) is 0 Å². The predicted molar refractivity (Wildman–Crippen MR) is 118 cm³/mol. The van der Waals surface area contributed by atoms with Crippen LogP contribution < -0.4 is 4.90 Å². The molecule has 1 N–H and O–H groups in total. The SMILES string of the molecule is COC1=CC=C(CN(C2=CCCC3(C(=O)O)CC23)c2cc(Cl)nn3c(C#N)cnc23)CC1. The highest BCUT2D eigenvalue weighted by Crippen LogP contribution is 2.63. The summed E-state index contributed by atoms with van der Waals surface area (Å²) in [5, 5.41) is 23.8. The first-order valence-electron chi connectivity index (χ1n) is 10.5. The van der Waals surface area contributed by atoms with Gasteiger partial charge in [0.25, 0.3) is 0 Å². The van der Waals surface area contributed by atoms with Gasteiger partial charge in [0.05, 0.1) is 30.2 Å². The number of halogens is 1. The molecule has 0 saturated heterocycles. The van der Waals surface area contributed by atoms with E-state index in [2.05, 4.69) is 33.2 Å². The molecule has 1 saturated carbocycles. The van der Waals surface area contributed by atoms with Crippen molar-refractivity contribution in [3.63, 3.8) is 0 Å². The summed E-state index contributed by atoms with van der Waals surface area (Å²) in [6.07, 6.45) is 11.3. The van der Waals surface area contributed by atoms with Crippen molar-refractivity contribution in [2.24, 2.45) is 11.3 Å². The average molecular weight is 452 g/mol. The van der Waals surface area contributed by atoms with Crippen LogP contribution >= 0.6 is 11.6 Å². The van der Waals surface area contributed by atoms with Gasteiger partial charge in [-0.2, -0.15) is 14.9 Å². The van der Waals surface area contributed by atoms with Gasteiger partial charge < -0.3 is 14.7 Å². The van der Waals surface area contributed by atoms with Crippen LogP contribution in [0, 0.1) is 22.7 Å². The van der Waals surface area contributed by atoms with Gasteiger partial charge in [-0.05, 0) is 37.3 Å². The Labute approximate surface area is 190 Å². The van der Waals surface area contributed by atoms with Gasteiger partial charge in [0.15, 0.2) is 16.5 Å².